The quantitative estimate of drug-likeness (QED) is 0.795. The van der Waals surface area contributed by atoms with Crippen LogP contribution in [0, 0.1) is 6.92 Å². The molecule has 0 atom stereocenters. The number of carbonyl (C=O) groups is 1. The number of hydrogen-bond acceptors (Lipinski definition) is 3. The average Bonchev–Trinajstić information content (AvgIpc) is 2.70. The van der Waals surface area contributed by atoms with Gasteiger partial charge in [-0.2, -0.15) is 13.2 Å². The lowest BCUT2D eigenvalue weighted by molar-refractivity contribution is -0.137. The predicted octanol–water partition coefficient (Wildman–Crippen LogP) is 4.16. The van der Waals surface area contributed by atoms with E-state index in [-0.39, 0.29) is 12.5 Å². The molecule has 1 aliphatic heterocycles. The lowest BCUT2D eigenvalue weighted by Crippen LogP contribution is -2.41. The van der Waals surface area contributed by atoms with Crippen LogP contribution in [-0.4, -0.2) is 30.8 Å². The van der Waals surface area contributed by atoms with Gasteiger partial charge in [-0.1, -0.05) is 12.1 Å². The number of benzene rings is 1. The van der Waals surface area contributed by atoms with E-state index in [2.05, 4.69) is 5.32 Å². The maximum Gasteiger partial charge on any atom is 0.492 e. The first-order chi connectivity index (χ1) is 12.2. The Morgan fingerprint density at radius 2 is 1.70 bits per heavy atom. The van der Waals surface area contributed by atoms with E-state index in [1.807, 2.05) is 27.7 Å². The smallest absolute Gasteiger partial charge is 0.400 e. The van der Waals surface area contributed by atoms with Crippen molar-refractivity contribution in [3.8, 4) is 0 Å². The first kappa shape index (κ1) is 21.5. The molecule has 8 heteroatoms. The SMILES string of the molecule is CC(=O)NCC(=Cc1cc(C)cc(C(F)(F)F)c1)B1OC(C)(C)C(C)(C)O1. The molecular weight excluding hydrogens is 358 g/mol. The molecule has 1 saturated heterocycles. The second-order valence-electron chi connectivity index (χ2n) is 7.85. The fourth-order valence-corrected chi connectivity index (χ4v) is 2.70. The van der Waals surface area contributed by atoms with Crippen molar-refractivity contribution in [2.75, 3.05) is 6.54 Å². The fourth-order valence-electron chi connectivity index (χ4n) is 2.70. The van der Waals surface area contributed by atoms with Crippen LogP contribution in [0.4, 0.5) is 13.2 Å². The normalized spacial score (nSPS) is 19.3. The Hall–Kier alpha value is -1.80. The topological polar surface area (TPSA) is 47.6 Å². The summed E-state index contributed by atoms with van der Waals surface area (Å²) in [4.78, 5) is 11.3. The van der Waals surface area contributed by atoms with Gasteiger partial charge in [-0.15, -0.1) is 0 Å². The summed E-state index contributed by atoms with van der Waals surface area (Å²) in [5.74, 6) is -0.252. The van der Waals surface area contributed by atoms with E-state index in [0.717, 1.165) is 12.1 Å². The summed E-state index contributed by atoms with van der Waals surface area (Å²) in [6.07, 6.45) is -2.85. The first-order valence-electron chi connectivity index (χ1n) is 8.71. The molecule has 1 aromatic rings. The van der Waals surface area contributed by atoms with Crippen LogP contribution in [-0.2, 0) is 20.3 Å². The Morgan fingerprint density at radius 1 is 1.15 bits per heavy atom. The Bertz CT molecular complexity index is 741. The third-order valence-electron chi connectivity index (χ3n) is 4.88. The molecule has 148 valence electrons. The van der Waals surface area contributed by atoms with Crippen molar-refractivity contribution < 1.29 is 27.3 Å². The standard InChI is InChI=1S/C19H25BF3NO3/c1-12-7-14(9-15(8-12)19(21,22)23)10-16(11-24-13(2)25)20-26-17(3,4)18(5,6)27-20/h7-10H,11H2,1-6H3,(H,24,25). The molecule has 1 aromatic carbocycles. The van der Waals surface area contributed by atoms with Gasteiger partial charge in [0, 0.05) is 13.5 Å². The van der Waals surface area contributed by atoms with E-state index < -0.39 is 30.1 Å². The lowest BCUT2D eigenvalue weighted by Gasteiger charge is -2.32. The summed E-state index contributed by atoms with van der Waals surface area (Å²) < 4.78 is 51.3. The molecule has 1 heterocycles. The zero-order valence-corrected chi connectivity index (χ0v) is 16.5. The summed E-state index contributed by atoms with van der Waals surface area (Å²) in [5, 5.41) is 2.67. The van der Waals surface area contributed by atoms with Crippen molar-refractivity contribution in [1.29, 1.82) is 0 Å². The number of halogens is 3. The van der Waals surface area contributed by atoms with Crippen LogP contribution in [0.15, 0.2) is 23.7 Å². The molecule has 1 fully saturated rings. The predicted molar refractivity (Wildman–Crippen MR) is 98.9 cm³/mol. The van der Waals surface area contributed by atoms with Crippen molar-refractivity contribution >= 4 is 19.1 Å². The van der Waals surface area contributed by atoms with E-state index in [4.69, 9.17) is 9.31 Å². The minimum atomic E-state index is -4.43. The highest BCUT2D eigenvalue weighted by Gasteiger charge is 2.52. The molecule has 1 amide bonds. The summed E-state index contributed by atoms with van der Waals surface area (Å²) >= 11 is 0. The molecule has 1 N–H and O–H groups in total. The van der Waals surface area contributed by atoms with Crippen molar-refractivity contribution in [2.45, 2.75) is 58.9 Å². The molecule has 1 aliphatic rings. The molecule has 27 heavy (non-hydrogen) atoms. The van der Waals surface area contributed by atoms with Crippen molar-refractivity contribution in [3.63, 3.8) is 0 Å². The minimum Gasteiger partial charge on any atom is -0.400 e. The van der Waals surface area contributed by atoms with Crippen LogP contribution in [0.5, 0.6) is 0 Å². The molecule has 0 aromatic heterocycles. The zero-order chi connectivity index (χ0) is 20.6. The van der Waals surface area contributed by atoms with Gasteiger partial charge in [0.1, 0.15) is 0 Å². The fraction of sp³-hybridized carbons (Fsp3) is 0.526. The minimum absolute atomic E-state index is 0.113. The monoisotopic (exact) mass is 383 g/mol. The van der Waals surface area contributed by atoms with Gasteiger partial charge in [-0.3, -0.25) is 4.79 Å². The van der Waals surface area contributed by atoms with Gasteiger partial charge in [0.05, 0.1) is 16.8 Å². The number of hydrogen-bond donors (Lipinski definition) is 1. The van der Waals surface area contributed by atoms with Crippen molar-refractivity contribution in [2.24, 2.45) is 0 Å². The third-order valence-corrected chi connectivity index (χ3v) is 4.88. The third kappa shape index (κ3) is 5.14. The number of rotatable bonds is 4. The van der Waals surface area contributed by atoms with Crippen LogP contribution in [0.2, 0.25) is 0 Å². The Morgan fingerprint density at radius 3 is 2.19 bits per heavy atom. The van der Waals surface area contributed by atoms with Crippen molar-refractivity contribution in [3.05, 3.63) is 40.4 Å². The van der Waals surface area contributed by atoms with E-state index in [0.29, 0.717) is 16.6 Å². The molecule has 0 radical (unpaired) electrons. The van der Waals surface area contributed by atoms with Crippen molar-refractivity contribution in [1.82, 2.24) is 5.32 Å². The van der Waals surface area contributed by atoms with Crippen LogP contribution in [0.25, 0.3) is 6.08 Å². The van der Waals surface area contributed by atoms with Crippen LogP contribution in [0.3, 0.4) is 0 Å². The number of carbonyl (C=O) groups excluding carboxylic acids is 1. The van der Waals surface area contributed by atoms with Gasteiger partial charge in [-0.05, 0) is 63.4 Å². The average molecular weight is 383 g/mol. The van der Waals surface area contributed by atoms with Gasteiger partial charge in [0.2, 0.25) is 5.91 Å². The highest BCUT2D eigenvalue weighted by molar-refractivity contribution is 6.56. The number of aryl methyl sites for hydroxylation is 1. The molecular formula is C19H25BF3NO3. The largest absolute Gasteiger partial charge is 0.492 e. The first-order valence-corrected chi connectivity index (χ1v) is 8.71. The number of alkyl halides is 3. The number of nitrogens with one attached hydrogen (secondary N) is 1. The van der Waals surface area contributed by atoms with E-state index in [9.17, 15) is 18.0 Å². The van der Waals surface area contributed by atoms with E-state index in [1.54, 1.807) is 19.1 Å². The van der Waals surface area contributed by atoms with Gasteiger partial charge < -0.3 is 14.6 Å². The van der Waals surface area contributed by atoms with Crippen LogP contribution >= 0.6 is 0 Å². The zero-order valence-electron chi connectivity index (χ0n) is 16.5. The summed E-state index contributed by atoms with van der Waals surface area (Å²) in [6.45, 7) is 10.6. The molecule has 0 bridgehead atoms. The highest BCUT2D eigenvalue weighted by atomic mass is 19.4. The maximum atomic E-state index is 13.1. The van der Waals surface area contributed by atoms with Gasteiger partial charge in [0.15, 0.2) is 0 Å². The molecule has 2 rings (SSSR count). The summed E-state index contributed by atoms with van der Waals surface area (Å²) in [6, 6.07) is 3.82. The van der Waals surface area contributed by atoms with Gasteiger partial charge >= 0.3 is 13.3 Å². The molecule has 0 saturated carbocycles. The molecule has 0 unspecified atom stereocenters. The summed E-state index contributed by atoms with van der Waals surface area (Å²) in [7, 11) is -0.767. The Kier molecular flexibility index (Phi) is 5.83. The van der Waals surface area contributed by atoms with Crippen LogP contribution in [0.1, 0.15) is 51.3 Å². The second-order valence-corrected chi connectivity index (χ2v) is 7.85. The molecule has 0 aliphatic carbocycles. The molecule has 0 spiro atoms. The van der Waals surface area contributed by atoms with Gasteiger partial charge in [-0.25, -0.2) is 0 Å². The maximum absolute atomic E-state index is 13.1. The van der Waals surface area contributed by atoms with E-state index in [1.165, 1.54) is 6.92 Å². The second kappa shape index (κ2) is 7.32. The van der Waals surface area contributed by atoms with Crippen LogP contribution < -0.4 is 5.32 Å². The highest BCUT2D eigenvalue weighted by Crippen LogP contribution is 2.39. The Labute approximate surface area is 158 Å². The lowest BCUT2D eigenvalue weighted by atomic mass is 9.76. The Balaban J connectivity index is 2.43. The molecule has 4 nitrogen and oxygen atoms in total. The number of amides is 1. The van der Waals surface area contributed by atoms with Gasteiger partial charge in [0.25, 0.3) is 0 Å². The summed E-state index contributed by atoms with van der Waals surface area (Å²) in [5.41, 5.74) is -0.515. The van der Waals surface area contributed by atoms with E-state index >= 15 is 0 Å².